The third-order valence-electron chi connectivity index (χ3n) is 9.46. The number of carbonyl (C=O) groups is 3. The van der Waals surface area contributed by atoms with Crippen molar-refractivity contribution in [2.24, 2.45) is 23.2 Å². The lowest BCUT2D eigenvalue weighted by Crippen LogP contribution is -2.67. The minimum absolute atomic E-state index is 0.274. The molecule has 10 heteroatoms. The Kier molecular flexibility index (Phi) is 8.26. The van der Waals surface area contributed by atoms with Crippen molar-refractivity contribution in [3.05, 3.63) is 12.2 Å². The third kappa shape index (κ3) is 4.67. The van der Waals surface area contributed by atoms with E-state index in [1.165, 1.54) is 13.8 Å². The van der Waals surface area contributed by atoms with Gasteiger partial charge in [-0.05, 0) is 26.2 Å². The van der Waals surface area contributed by atoms with Crippen LogP contribution in [0.5, 0.6) is 0 Å². The van der Waals surface area contributed by atoms with Gasteiger partial charge in [0, 0.05) is 30.6 Å². The van der Waals surface area contributed by atoms with Gasteiger partial charge in [0.05, 0.1) is 23.5 Å². The van der Waals surface area contributed by atoms with E-state index >= 15 is 0 Å². The molecule has 2 aliphatic heterocycles. The van der Waals surface area contributed by atoms with Gasteiger partial charge in [-0.3, -0.25) is 14.4 Å². The summed E-state index contributed by atoms with van der Waals surface area (Å²) in [6.45, 7) is 12.6. The van der Waals surface area contributed by atoms with Crippen molar-refractivity contribution in [3.63, 3.8) is 0 Å². The quantitative estimate of drug-likeness (QED) is 0.126. The molecule has 214 valence electrons. The van der Waals surface area contributed by atoms with Crippen LogP contribution in [0.3, 0.4) is 0 Å². The monoisotopic (exact) mass is 556 g/mol. The summed E-state index contributed by atoms with van der Waals surface area (Å²) in [5, 5.41) is 23.2. The zero-order valence-corrected chi connectivity index (χ0v) is 23.6. The van der Waals surface area contributed by atoms with Crippen molar-refractivity contribution in [2.45, 2.75) is 121 Å². The molecular weight excluding hydrogens is 516 g/mol. The summed E-state index contributed by atoms with van der Waals surface area (Å²) < 4.78 is 23.4. The van der Waals surface area contributed by atoms with E-state index in [9.17, 15) is 24.6 Å². The molecule has 0 spiro atoms. The van der Waals surface area contributed by atoms with E-state index in [1.807, 2.05) is 13.8 Å². The zero-order valence-electron chi connectivity index (χ0n) is 22.9. The van der Waals surface area contributed by atoms with E-state index in [1.54, 1.807) is 0 Å². The summed E-state index contributed by atoms with van der Waals surface area (Å²) in [5.41, 5.74) is -2.55. The SMILES string of the molecule is C=C1CCC(OC(C)=O)C2(C)C3OC3C(OC(=O)CCCCC)C(C)C2C(O)C2(O)C(C)C(=O)OC2C1Cl. The number of unbranched alkanes of at least 4 members (excludes halogenated alkanes) is 2. The first-order valence-electron chi connectivity index (χ1n) is 13.7. The predicted octanol–water partition coefficient (Wildman–Crippen LogP) is 3.06. The molecule has 2 aliphatic carbocycles. The van der Waals surface area contributed by atoms with Crippen molar-refractivity contribution >= 4 is 29.5 Å². The maximum atomic E-state index is 12.7. The smallest absolute Gasteiger partial charge is 0.312 e. The average Bonchev–Trinajstić information content (AvgIpc) is 3.63. The van der Waals surface area contributed by atoms with Crippen LogP contribution in [0.25, 0.3) is 0 Å². The van der Waals surface area contributed by atoms with E-state index in [4.69, 9.17) is 30.5 Å². The molecule has 0 aromatic carbocycles. The number of alkyl halides is 1. The molecule has 0 aromatic rings. The molecule has 12 atom stereocenters. The first kappa shape index (κ1) is 29.3. The van der Waals surface area contributed by atoms with Crippen LogP contribution in [0.15, 0.2) is 12.2 Å². The number of esters is 3. The highest BCUT2D eigenvalue weighted by Crippen LogP contribution is 2.61. The topological polar surface area (TPSA) is 132 Å². The second-order valence-electron chi connectivity index (χ2n) is 11.8. The highest BCUT2D eigenvalue weighted by Gasteiger charge is 2.74. The molecule has 0 amide bonds. The number of hydrogen-bond acceptors (Lipinski definition) is 9. The third-order valence-corrected chi connectivity index (χ3v) is 10.0. The molecule has 4 rings (SSSR count). The number of ether oxygens (including phenoxy) is 4. The van der Waals surface area contributed by atoms with Crippen LogP contribution >= 0.6 is 11.6 Å². The van der Waals surface area contributed by atoms with Crippen LogP contribution in [0.1, 0.15) is 73.1 Å². The first-order valence-corrected chi connectivity index (χ1v) is 14.2. The number of fused-ring (bicyclic) bond motifs is 4. The fourth-order valence-electron chi connectivity index (χ4n) is 7.19. The summed E-state index contributed by atoms with van der Waals surface area (Å²) >= 11 is 6.70. The molecule has 2 N–H and O–H groups in total. The number of epoxide rings is 1. The standard InChI is InChI=1S/C28H41ClO9/c1-7-8-9-10-18(31)36-21-14(3)19-23(32)28(34)15(4)26(33)38-24(28)20(29)13(2)11-12-17(35-16(5)30)27(19,6)25-22(21)37-25/h14-15,17,19-25,32,34H,2,7-12H2,1,3-6H3. The van der Waals surface area contributed by atoms with Gasteiger partial charge in [-0.1, -0.05) is 45.8 Å². The number of aliphatic hydroxyl groups excluding tert-OH is 1. The van der Waals surface area contributed by atoms with E-state index in [-0.39, 0.29) is 12.4 Å². The Morgan fingerprint density at radius 1 is 1.21 bits per heavy atom. The molecule has 0 aromatic heterocycles. The highest BCUT2D eigenvalue weighted by atomic mass is 35.5. The second-order valence-corrected chi connectivity index (χ2v) is 12.3. The molecular formula is C28H41ClO9. The zero-order chi connectivity index (χ0) is 28.2. The molecule has 9 nitrogen and oxygen atoms in total. The molecule has 4 aliphatic rings. The Bertz CT molecular complexity index is 970. The normalized spacial score (nSPS) is 46.2. The Hall–Kier alpha value is -1.68. The lowest BCUT2D eigenvalue weighted by molar-refractivity contribution is -0.214. The van der Waals surface area contributed by atoms with Crippen molar-refractivity contribution < 1.29 is 43.5 Å². The minimum Gasteiger partial charge on any atom is -0.462 e. The highest BCUT2D eigenvalue weighted by molar-refractivity contribution is 6.23. The van der Waals surface area contributed by atoms with Gasteiger partial charge in [0.2, 0.25) is 0 Å². The number of aliphatic hydroxyl groups is 2. The van der Waals surface area contributed by atoms with Crippen molar-refractivity contribution in [1.82, 2.24) is 0 Å². The van der Waals surface area contributed by atoms with Gasteiger partial charge in [0.1, 0.15) is 23.9 Å². The van der Waals surface area contributed by atoms with Crippen LogP contribution < -0.4 is 0 Å². The van der Waals surface area contributed by atoms with Crippen LogP contribution in [0.2, 0.25) is 0 Å². The Morgan fingerprint density at radius 3 is 2.53 bits per heavy atom. The molecule has 38 heavy (non-hydrogen) atoms. The molecule has 2 heterocycles. The van der Waals surface area contributed by atoms with Crippen molar-refractivity contribution in [2.75, 3.05) is 0 Å². The molecule has 2 saturated carbocycles. The molecule has 4 fully saturated rings. The fourth-order valence-corrected chi connectivity index (χ4v) is 7.55. The van der Waals surface area contributed by atoms with E-state index in [0.29, 0.717) is 24.8 Å². The first-order chi connectivity index (χ1) is 17.8. The molecule has 12 unspecified atom stereocenters. The molecule has 0 bridgehead atoms. The van der Waals surface area contributed by atoms with Crippen LogP contribution in [0, 0.1) is 23.2 Å². The maximum absolute atomic E-state index is 12.7. The number of halogens is 1. The lowest BCUT2D eigenvalue weighted by atomic mass is 9.53. The van der Waals surface area contributed by atoms with Gasteiger partial charge in [-0.25, -0.2) is 0 Å². The van der Waals surface area contributed by atoms with Gasteiger partial charge < -0.3 is 29.2 Å². The number of carbonyl (C=O) groups excluding carboxylic acids is 3. The van der Waals surface area contributed by atoms with Gasteiger partial charge in [0.25, 0.3) is 0 Å². The molecule has 0 radical (unpaired) electrons. The summed E-state index contributed by atoms with van der Waals surface area (Å²) in [6.07, 6.45) is -1.58. The Labute approximate surface area is 229 Å². The second kappa shape index (κ2) is 10.7. The van der Waals surface area contributed by atoms with E-state index in [0.717, 1.165) is 12.8 Å². The van der Waals surface area contributed by atoms with Gasteiger partial charge in [-0.15, -0.1) is 11.6 Å². The molecule has 2 saturated heterocycles. The Balaban J connectivity index is 1.78. The summed E-state index contributed by atoms with van der Waals surface area (Å²) in [7, 11) is 0. The van der Waals surface area contributed by atoms with Gasteiger partial charge in [0.15, 0.2) is 6.10 Å². The van der Waals surface area contributed by atoms with Gasteiger partial charge >= 0.3 is 17.9 Å². The largest absolute Gasteiger partial charge is 0.462 e. The number of hydrogen-bond donors (Lipinski definition) is 2. The van der Waals surface area contributed by atoms with Crippen LogP contribution in [0.4, 0.5) is 0 Å². The lowest BCUT2D eigenvalue weighted by Gasteiger charge is -2.54. The predicted molar refractivity (Wildman–Crippen MR) is 137 cm³/mol. The van der Waals surface area contributed by atoms with Crippen LogP contribution in [-0.2, 0) is 33.3 Å². The van der Waals surface area contributed by atoms with Gasteiger partial charge in [-0.2, -0.15) is 0 Å². The summed E-state index contributed by atoms with van der Waals surface area (Å²) in [6, 6.07) is 0. The Morgan fingerprint density at radius 2 is 1.89 bits per heavy atom. The fraction of sp³-hybridized carbons (Fsp3) is 0.821. The van der Waals surface area contributed by atoms with Crippen molar-refractivity contribution in [1.29, 1.82) is 0 Å². The summed E-state index contributed by atoms with van der Waals surface area (Å²) in [5.74, 6) is -3.92. The van der Waals surface area contributed by atoms with Crippen molar-refractivity contribution in [3.8, 4) is 0 Å². The van der Waals surface area contributed by atoms with E-state index in [2.05, 4.69) is 13.5 Å². The van der Waals surface area contributed by atoms with E-state index < -0.39 is 82.7 Å². The minimum atomic E-state index is -2.07. The average molecular weight is 557 g/mol. The number of rotatable bonds is 6. The van der Waals surface area contributed by atoms with Crippen LogP contribution in [-0.4, -0.2) is 75.7 Å². The summed E-state index contributed by atoms with van der Waals surface area (Å²) in [4.78, 5) is 37.7. The maximum Gasteiger partial charge on any atom is 0.312 e.